The lowest BCUT2D eigenvalue weighted by molar-refractivity contribution is -0.136. The number of thioether (sulfide) groups is 1. The minimum Gasteiger partial charge on any atom is -0.466 e. The van der Waals surface area contributed by atoms with Gasteiger partial charge in [0, 0.05) is 9.92 Å². The number of rotatable bonds is 4. The van der Waals surface area contributed by atoms with Gasteiger partial charge in [0.15, 0.2) is 0 Å². The lowest BCUT2D eigenvalue weighted by atomic mass is 9.93. The van der Waals surface area contributed by atoms with Crippen LogP contribution in [0.15, 0.2) is 65.3 Å². The molecule has 0 fully saturated rings. The van der Waals surface area contributed by atoms with Crippen molar-refractivity contribution in [1.29, 1.82) is 0 Å². The van der Waals surface area contributed by atoms with Crippen molar-refractivity contribution in [2.45, 2.75) is 10.9 Å². The normalized spacial score (nSPS) is 15.8. The first-order valence-corrected chi connectivity index (χ1v) is 10.1. The molecule has 0 saturated heterocycles. The molecule has 1 aliphatic heterocycles. The number of hydrogen-bond donors (Lipinski definition) is 1. The van der Waals surface area contributed by atoms with E-state index in [1.807, 2.05) is 42.7 Å². The van der Waals surface area contributed by atoms with E-state index in [4.69, 9.17) is 16.3 Å². The average molecular weight is 413 g/mol. The highest BCUT2D eigenvalue weighted by molar-refractivity contribution is 7.98. The predicted molar refractivity (Wildman–Crippen MR) is 110 cm³/mol. The van der Waals surface area contributed by atoms with E-state index >= 15 is 0 Å². The van der Waals surface area contributed by atoms with Gasteiger partial charge >= 0.3 is 5.97 Å². The number of carbonyl (C=O) groups excluding carboxylic acids is 1. The maximum Gasteiger partial charge on any atom is 0.338 e. The number of nitrogens with zero attached hydrogens (tertiary/aromatic N) is 3. The number of fused-ring (bicyclic) bond motifs is 1. The van der Waals surface area contributed by atoms with Crippen LogP contribution >= 0.6 is 23.4 Å². The topological polar surface area (TPSA) is 69.0 Å². The molecule has 0 unspecified atom stereocenters. The summed E-state index contributed by atoms with van der Waals surface area (Å²) in [5.74, 6) is 0.120. The van der Waals surface area contributed by atoms with Crippen LogP contribution in [0, 0.1) is 0 Å². The van der Waals surface area contributed by atoms with Crippen molar-refractivity contribution in [2.24, 2.45) is 0 Å². The van der Waals surface area contributed by atoms with Crippen molar-refractivity contribution >= 4 is 41.0 Å². The molecule has 0 aliphatic carbocycles. The first-order chi connectivity index (χ1) is 13.6. The fourth-order valence-electron chi connectivity index (χ4n) is 3.23. The molecule has 4 rings (SSSR count). The lowest BCUT2D eigenvalue weighted by Gasteiger charge is -2.29. The van der Waals surface area contributed by atoms with Crippen molar-refractivity contribution in [3.8, 4) is 0 Å². The molecule has 2 heterocycles. The molecule has 3 aromatic rings. The molecular formula is C20H17ClN4O2S. The summed E-state index contributed by atoms with van der Waals surface area (Å²) < 4.78 is 6.82. The quantitative estimate of drug-likeness (QED) is 0.510. The van der Waals surface area contributed by atoms with Crippen LogP contribution in [-0.2, 0) is 9.53 Å². The van der Waals surface area contributed by atoms with Gasteiger partial charge in [-0.25, -0.2) is 9.48 Å². The van der Waals surface area contributed by atoms with Crippen LogP contribution in [0.4, 0.5) is 5.95 Å². The number of anilines is 1. The molecule has 1 aliphatic rings. The van der Waals surface area contributed by atoms with E-state index in [1.54, 1.807) is 28.6 Å². The van der Waals surface area contributed by atoms with E-state index in [2.05, 4.69) is 15.4 Å². The van der Waals surface area contributed by atoms with Gasteiger partial charge in [-0.1, -0.05) is 35.9 Å². The van der Waals surface area contributed by atoms with Gasteiger partial charge < -0.3 is 10.1 Å². The van der Waals surface area contributed by atoms with E-state index < -0.39 is 12.0 Å². The van der Waals surface area contributed by atoms with Gasteiger partial charge in [-0.2, -0.15) is 10.1 Å². The molecule has 0 bridgehead atoms. The number of ether oxygens (including phenoxy) is 1. The second-order valence-electron chi connectivity index (χ2n) is 6.12. The van der Waals surface area contributed by atoms with Crippen LogP contribution in [0.25, 0.3) is 5.70 Å². The van der Waals surface area contributed by atoms with Crippen molar-refractivity contribution in [3.05, 3.63) is 76.6 Å². The fourth-order valence-corrected chi connectivity index (χ4v) is 3.76. The number of esters is 1. The van der Waals surface area contributed by atoms with Crippen LogP contribution in [0.2, 0.25) is 5.02 Å². The average Bonchev–Trinajstić information content (AvgIpc) is 3.21. The molecule has 0 saturated carbocycles. The van der Waals surface area contributed by atoms with E-state index in [9.17, 15) is 4.79 Å². The Morgan fingerprint density at radius 2 is 1.89 bits per heavy atom. The Labute approximate surface area is 171 Å². The largest absolute Gasteiger partial charge is 0.466 e. The van der Waals surface area contributed by atoms with Crippen molar-refractivity contribution in [3.63, 3.8) is 0 Å². The van der Waals surface area contributed by atoms with Crippen molar-refractivity contribution in [2.75, 3.05) is 18.7 Å². The fraction of sp³-hybridized carbons (Fsp3) is 0.150. The Bertz CT molecular complexity index is 1040. The van der Waals surface area contributed by atoms with Gasteiger partial charge in [0.2, 0.25) is 5.95 Å². The molecule has 2 aromatic carbocycles. The van der Waals surface area contributed by atoms with Gasteiger partial charge in [-0.3, -0.25) is 0 Å². The third-order valence-electron chi connectivity index (χ3n) is 4.57. The summed E-state index contributed by atoms with van der Waals surface area (Å²) in [5.41, 5.74) is 2.81. The van der Waals surface area contributed by atoms with Gasteiger partial charge in [-0.15, -0.1) is 11.8 Å². The number of aromatic nitrogens is 3. The Hall–Kier alpha value is -2.77. The number of benzene rings is 2. The van der Waals surface area contributed by atoms with E-state index in [0.717, 1.165) is 16.0 Å². The zero-order valence-corrected chi connectivity index (χ0v) is 16.8. The molecule has 0 radical (unpaired) electrons. The van der Waals surface area contributed by atoms with E-state index in [0.29, 0.717) is 22.2 Å². The summed E-state index contributed by atoms with van der Waals surface area (Å²) in [4.78, 5) is 18.3. The van der Waals surface area contributed by atoms with Crippen LogP contribution < -0.4 is 5.32 Å². The van der Waals surface area contributed by atoms with Gasteiger partial charge in [0.05, 0.1) is 18.4 Å². The standard InChI is InChI=1S/C20H17ClN4O2S/c1-27-19(26)16-17(12-3-7-14(21)8-4-12)24-20-22-11-23-25(20)18(16)13-5-9-15(28-2)10-6-13/h3-11,18H,1-2H3,(H,22,23,24)/t18-/m0/s1. The zero-order chi connectivity index (χ0) is 19.7. The van der Waals surface area contributed by atoms with Gasteiger partial charge in [0.25, 0.3) is 0 Å². The number of hydrogen-bond acceptors (Lipinski definition) is 6. The minimum absolute atomic E-state index is 0.433. The van der Waals surface area contributed by atoms with E-state index in [-0.39, 0.29) is 0 Å². The third-order valence-corrected chi connectivity index (χ3v) is 5.56. The smallest absolute Gasteiger partial charge is 0.338 e. The SMILES string of the molecule is COC(=O)C1=C(c2ccc(Cl)cc2)Nc2ncnn2[C@H]1c1ccc(SC)cc1. The first kappa shape index (κ1) is 18.6. The second-order valence-corrected chi connectivity index (χ2v) is 7.43. The predicted octanol–water partition coefficient (Wildman–Crippen LogP) is 4.25. The first-order valence-electron chi connectivity index (χ1n) is 8.51. The monoisotopic (exact) mass is 412 g/mol. The van der Waals surface area contributed by atoms with Gasteiger partial charge in [-0.05, 0) is 41.6 Å². The Morgan fingerprint density at radius 1 is 1.18 bits per heavy atom. The van der Waals surface area contributed by atoms with Crippen molar-refractivity contribution < 1.29 is 9.53 Å². The Balaban J connectivity index is 1.93. The molecule has 1 aromatic heterocycles. The minimum atomic E-state index is -0.465. The van der Waals surface area contributed by atoms with Crippen LogP contribution in [0.3, 0.4) is 0 Å². The molecule has 6 nitrogen and oxygen atoms in total. The highest BCUT2D eigenvalue weighted by Gasteiger charge is 2.35. The number of nitrogens with one attached hydrogen (secondary N) is 1. The summed E-state index contributed by atoms with van der Waals surface area (Å²) in [7, 11) is 1.37. The molecule has 0 spiro atoms. The maximum atomic E-state index is 12.8. The van der Waals surface area contributed by atoms with Crippen LogP contribution in [0.5, 0.6) is 0 Å². The molecule has 28 heavy (non-hydrogen) atoms. The summed E-state index contributed by atoms with van der Waals surface area (Å²) in [6.45, 7) is 0. The molecule has 1 N–H and O–H groups in total. The summed E-state index contributed by atoms with van der Waals surface area (Å²) in [6.07, 6.45) is 3.48. The molecular weight excluding hydrogens is 396 g/mol. The molecule has 1 atom stereocenters. The summed E-state index contributed by atoms with van der Waals surface area (Å²) in [6, 6.07) is 14.8. The second kappa shape index (κ2) is 7.69. The Morgan fingerprint density at radius 3 is 2.54 bits per heavy atom. The highest BCUT2D eigenvalue weighted by Crippen LogP contribution is 2.39. The van der Waals surface area contributed by atoms with Gasteiger partial charge in [0.1, 0.15) is 12.4 Å². The number of halogens is 1. The third kappa shape index (κ3) is 3.27. The molecule has 0 amide bonds. The maximum absolute atomic E-state index is 12.8. The Kier molecular flexibility index (Phi) is 5.11. The summed E-state index contributed by atoms with van der Waals surface area (Å²) >= 11 is 7.70. The van der Waals surface area contributed by atoms with E-state index in [1.165, 1.54) is 13.4 Å². The van der Waals surface area contributed by atoms with Crippen LogP contribution in [0.1, 0.15) is 17.2 Å². The number of carbonyl (C=O) groups is 1. The summed E-state index contributed by atoms with van der Waals surface area (Å²) in [5, 5.41) is 8.18. The molecule has 8 heteroatoms. The highest BCUT2D eigenvalue weighted by atomic mass is 35.5. The van der Waals surface area contributed by atoms with Crippen LogP contribution in [-0.4, -0.2) is 34.1 Å². The molecule has 142 valence electrons. The zero-order valence-electron chi connectivity index (χ0n) is 15.2. The lowest BCUT2D eigenvalue weighted by Crippen LogP contribution is -2.29. The van der Waals surface area contributed by atoms with Crippen molar-refractivity contribution in [1.82, 2.24) is 14.8 Å². The number of methoxy groups -OCH3 is 1.